The quantitative estimate of drug-likeness (QED) is 0.829. The maximum Gasteiger partial charge on any atom is 0.196 e. The van der Waals surface area contributed by atoms with E-state index in [0.29, 0.717) is 5.82 Å². The Balaban J connectivity index is 1.77. The molecule has 2 aromatic rings. The maximum absolute atomic E-state index is 4.61. The molecule has 6 nitrogen and oxygen atoms in total. The third-order valence-electron chi connectivity index (χ3n) is 3.04. The van der Waals surface area contributed by atoms with Crippen LogP contribution in [0.25, 0.3) is 0 Å². The molecule has 2 aromatic heterocycles. The molecule has 88 valence electrons. The van der Waals surface area contributed by atoms with Crippen LogP contribution in [-0.4, -0.2) is 25.6 Å². The van der Waals surface area contributed by atoms with Crippen LogP contribution in [0.15, 0.2) is 12.1 Å². The van der Waals surface area contributed by atoms with Crippen LogP contribution in [0.2, 0.25) is 0 Å². The van der Waals surface area contributed by atoms with Gasteiger partial charge in [0.1, 0.15) is 5.82 Å². The van der Waals surface area contributed by atoms with E-state index in [1.807, 2.05) is 13.0 Å². The summed E-state index contributed by atoms with van der Waals surface area (Å²) in [6.45, 7) is 1.99. The number of nitrogens with one attached hydrogen (secondary N) is 2. The molecule has 0 radical (unpaired) electrons. The molecule has 1 aliphatic rings. The average molecular weight is 230 g/mol. The van der Waals surface area contributed by atoms with E-state index < -0.39 is 0 Å². The van der Waals surface area contributed by atoms with Crippen LogP contribution in [0.4, 0.5) is 5.82 Å². The van der Waals surface area contributed by atoms with Gasteiger partial charge in [-0.15, -0.1) is 10.2 Å². The molecular formula is C11H14N6. The first-order valence-electron chi connectivity index (χ1n) is 5.81. The van der Waals surface area contributed by atoms with Crippen LogP contribution >= 0.6 is 0 Å². The maximum atomic E-state index is 4.61. The fourth-order valence-electron chi connectivity index (χ4n) is 2.14. The highest BCUT2D eigenvalue weighted by Gasteiger charge is 2.14. The minimum atomic E-state index is 0.000651. The van der Waals surface area contributed by atoms with E-state index >= 15 is 0 Å². The molecule has 6 heteroatoms. The second-order valence-corrected chi connectivity index (χ2v) is 4.29. The van der Waals surface area contributed by atoms with E-state index in [-0.39, 0.29) is 6.04 Å². The number of aryl methyl sites for hydroxylation is 2. The third kappa shape index (κ3) is 1.98. The van der Waals surface area contributed by atoms with Gasteiger partial charge in [-0.05, 0) is 37.8 Å². The zero-order valence-corrected chi connectivity index (χ0v) is 9.64. The number of rotatable bonds is 3. The number of hydrogen-bond acceptors (Lipinski definition) is 5. The van der Waals surface area contributed by atoms with Gasteiger partial charge >= 0.3 is 0 Å². The minimum Gasteiger partial charge on any atom is -0.360 e. The molecular weight excluding hydrogens is 216 g/mol. The summed E-state index contributed by atoms with van der Waals surface area (Å²) < 4.78 is 0. The lowest BCUT2D eigenvalue weighted by atomic mass is 10.2. The number of fused-ring (bicyclic) bond motifs is 1. The van der Waals surface area contributed by atoms with Crippen LogP contribution in [0.1, 0.15) is 36.5 Å². The number of H-pyrrole nitrogens is 1. The minimum absolute atomic E-state index is 0.000651. The molecule has 1 aliphatic carbocycles. The molecule has 0 saturated carbocycles. The van der Waals surface area contributed by atoms with Crippen molar-refractivity contribution in [3.8, 4) is 0 Å². The van der Waals surface area contributed by atoms with Gasteiger partial charge in [-0.3, -0.25) is 0 Å². The number of pyridine rings is 1. The largest absolute Gasteiger partial charge is 0.360 e. The van der Waals surface area contributed by atoms with Crippen molar-refractivity contribution in [3.63, 3.8) is 0 Å². The molecule has 2 N–H and O–H groups in total. The van der Waals surface area contributed by atoms with Gasteiger partial charge in [0.05, 0.1) is 6.04 Å². The van der Waals surface area contributed by atoms with E-state index in [2.05, 4.69) is 37.0 Å². The number of tetrazole rings is 1. The molecule has 3 rings (SSSR count). The number of aromatic nitrogens is 5. The monoisotopic (exact) mass is 230 g/mol. The van der Waals surface area contributed by atoms with E-state index in [9.17, 15) is 0 Å². The molecule has 0 bridgehead atoms. The van der Waals surface area contributed by atoms with Crippen molar-refractivity contribution in [2.45, 2.75) is 32.2 Å². The van der Waals surface area contributed by atoms with Crippen molar-refractivity contribution in [2.75, 3.05) is 5.32 Å². The molecule has 0 amide bonds. The highest BCUT2D eigenvalue weighted by atomic mass is 15.5. The van der Waals surface area contributed by atoms with E-state index in [0.717, 1.165) is 18.7 Å². The molecule has 17 heavy (non-hydrogen) atoms. The summed E-state index contributed by atoms with van der Waals surface area (Å²) in [5.74, 6) is 1.52. The van der Waals surface area contributed by atoms with E-state index in [1.54, 1.807) is 0 Å². The zero-order valence-electron chi connectivity index (χ0n) is 9.64. The fraction of sp³-hybridized carbons (Fsp3) is 0.455. The van der Waals surface area contributed by atoms with Crippen LogP contribution in [0, 0.1) is 0 Å². The number of nitrogens with zero attached hydrogens (tertiary/aromatic N) is 4. The predicted molar refractivity (Wildman–Crippen MR) is 62.5 cm³/mol. The summed E-state index contributed by atoms with van der Waals surface area (Å²) >= 11 is 0. The van der Waals surface area contributed by atoms with Gasteiger partial charge in [-0.2, -0.15) is 5.21 Å². The summed E-state index contributed by atoms with van der Waals surface area (Å²) in [5, 5.41) is 17.2. The Morgan fingerprint density at radius 1 is 1.35 bits per heavy atom. The van der Waals surface area contributed by atoms with Gasteiger partial charge in [0, 0.05) is 5.69 Å². The Labute approximate surface area is 98.9 Å². The molecule has 0 aromatic carbocycles. The van der Waals surface area contributed by atoms with Gasteiger partial charge in [0.15, 0.2) is 5.82 Å². The molecule has 2 heterocycles. The standard InChI is InChI=1S/C11H14N6/c1-7(11-14-16-17-15-11)12-10-6-5-8-3-2-4-9(8)13-10/h5-7H,2-4H2,1H3,(H,12,13)(H,14,15,16,17). The first kappa shape index (κ1) is 10.2. The van der Waals surface area contributed by atoms with E-state index in [1.165, 1.54) is 17.7 Å². The molecule has 0 fully saturated rings. The van der Waals surface area contributed by atoms with E-state index in [4.69, 9.17) is 0 Å². The predicted octanol–water partition coefficient (Wildman–Crippen LogP) is 1.26. The average Bonchev–Trinajstić information content (AvgIpc) is 2.99. The molecule has 0 saturated heterocycles. The summed E-state index contributed by atoms with van der Waals surface area (Å²) in [5.41, 5.74) is 2.60. The first-order valence-corrected chi connectivity index (χ1v) is 5.81. The topological polar surface area (TPSA) is 79.4 Å². The smallest absolute Gasteiger partial charge is 0.196 e. The second-order valence-electron chi connectivity index (χ2n) is 4.29. The highest BCUT2D eigenvalue weighted by Crippen LogP contribution is 2.23. The van der Waals surface area contributed by atoms with Crippen LogP contribution in [-0.2, 0) is 12.8 Å². The molecule has 1 unspecified atom stereocenters. The van der Waals surface area contributed by atoms with Gasteiger partial charge in [0.2, 0.25) is 0 Å². The van der Waals surface area contributed by atoms with Crippen molar-refractivity contribution >= 4 is 5.82 Å². The van der Waals surface area contributed by atoms with Gasteiger partial charge < -0.3 is 5.32 Å². The molecule has 0 spiro atoms. The van der Waals surface area contributed by atoms with Crippen LogP contribution < -0.4 is 5.32 Å². The third-order valence-corrected chi connectivity index (χ3v) is 3.04. The van der Waals surface area contributed by atoms with Gasteiger partial charge in [-0.25, -0.2) is 4.98 Å². The zero-order chi connectivity index (χ0) is 11.7. The number of aromatic amines is 1. The van der Waals surface area contributed by atoms with Crippen molar-refractivity contribution < 1.29 is 0 Å². The normalized spacial score (nSPS) is 15.6. The lowest BCUT2D eigenvalue weighted by Gasteiger charge is -2.11. The summed E-state index contributed by atoms with van der Waals surface area (Å²) in [6, 6.07) is 4.17. The highest BCUT2D eigenvalue weighted by molar-refractivity contribution is 5.41. The Hall–Kier alpha value is -1.98. The number of anilines is 1. The molecule has 1 atom stereocenters. The SMILES string of the molecule is CC(Nc1ccc2c(n1)CCC2)c1nn[nH]n1. The lowest BCUT2D eigenvalue weighted by Crippen LogP contribution is -2.10. The van der Waals surface area contributed by atoms with Crippen LogP contribution in [0.5, 0.6) is 0 Å². The first-order chi connectivity index (χ1) is 8.33. The number of hydrogen-bond donors (Lipinski definition) is 2. The summed E-state index contributed by atoms with van der Waals surface area (Å²) in [6.07, 6.45) is 3.45. The Morgan fingerprint density at radius 3 is 3.12 bits per heavy atom. The fourth-order valence-corrected chi connectivity index (χ4v) is 2.14. The van der Waals surface area contributed by atoms with Crippen LogP contribution in [0.3, 0.4) is 0 Å². The van der Waals surface area contributed by atoms with Crippen molar-refractivity contribution in [1.29, 1.82) is 0 Å². The van der Waals surface area contributed by atoms with Gasteiger partial charge in [-0.1, -0.05) is 11.3 Å². The van der Waals surface area contributed by atoms with Crippen molar-refractivity contribution in [2.24, 2.45) is 0 Å². The molecule has 0 aliphatic heterocycles. The lowest BCUT2D eigenvalue weighted by molar-refractivity contribution is 0.786. The van der Waals surface area contributed by atoms with Crippen molar-refractivity contribution in [1.82, 2.24) is 25.6 Å². The second kappa shape index (κ2) is 4.12. The Kier molecular flexibility index (Phi) is 2.47. The summed E-state index contributed by atoms with van der Waals surface area (Å²) in [7, 11) is 0. The van der Waals surface area contributed by atoms with Crippen molar-refractivity contribution in [3.05, 3.63) is 29.2 Å². The summed E-state index contributed by atoms with van der Waals surface area (Å²) in [4.78, 5) is 4.61. The Bertz CT molecular complexity index is 507. The van der Waals surface area contributed by atoms with Gasteiger partial charge in [0.25, 0.3) is 0 Å². The Morgan fingerprint density at radius 2 is 2.29 bits per heavy atom.